The Morgan fingerprint density at radius 1 is 1.22 bits per heavy atom. The Morgan fingerprint density at radius 3 is 2.44 bits per heavy atom. The zero-order valence-electron chi connectivity index (χ0n) is 6.53. The molecule has 0 heterocycles. The van der Waals surface area contributed by atoms with Gasteiger partial charge in [-0.2, -0.15) is 0 Å². The van der Waals surface area contributed by atoms with Crippen LogP contribution in [0.15, 0.2) is 0 Å². The van der Waals surface area contributed by atoms with Crippen LogP contribution in [0.25, 0.3) is 0 Å². The SMILES string of the molecule is C[SiH2]CC1CCCCC1. The molecule has 0 aromatic carbocycles. The summed E-state index contributed by atoms with van der Waals surface area (Å²) in [5, 5.41) is 0. The lowest BCUT2D eigenvalue weighted by Crippen LogP contribution is -2.06. The average Bonchev–Trinajstić information content (AvgIpc) is 1.91. The van der Waals surface area contributed by atoms with E-state index >= 15 is 0 Å². The van der Waals surface area contributed by atoms with E-state index in [0.29, 0.717) is 9.52 Å². The first-order valence-electron chi connectivity index (χ1n) is 4.43. The Hall–Kier alpha value is 0.217. The summed E-state index contributed by atoms with van der Waals surface area (Å²) < 4.78 is 0. The molecule has 1 fully saturated rings. The van der Waals surface area contributed by atoms with E-state index in [2.05, 4.69) is 6.55 Å². The van der Waals surface area contributed by atoms with Crippen LogP contribution in [-0.2, 0) is 0 Å². The van der Waals surface area contributed by atoms with Crippen molar-refractivity contribution in [2.75, 3.05) is 0 Å². The van der Waals surface area contributed by atoms with Crippen LogP contribution >= 0.6 is 0 Å². The molecule has 0 atom stereocenters. The predicted molar refractivity (Wildman–Crippen MR) is 45.8 cm³/mol. The molecule has 0 amide bonds. The average molecular weight is 142 g/mol. The second-order valence-electron chi connectivity index (χ2n) is 3.29. The van der Waals surface area contributed by atoms with Gasteiger partial charge in [0.1, 0.15) is 0 Å². The number of hydrogen-bond donors (Lipinski definition) is 0. The molecule has 0 nitrogen and oxygen atoms in total. The second kappa shape index (κ2) is 4.10. The normalized spacial score (nSPS) is 23.7. The highest BCUT2D eigenvalue weighted by atomic mass is 28.2. The van der Waals surface area contributed by atoms with E-state index in [1.807, 2.05) is 0 Å². The Balaban J connectivity index is 2.08. The fourth-order valence-corrected chi connectivity index (χ4v) is 3.28. The fraction of sp³-hybridized carbons (Fsp3) is 1.00. The van der Waals surface area contributed by atoms with Crippen molar-refractivity contribution in [3.05, 3.63) is 0 Å². The van der Waals surface area contributed by atoms with Gasteiger partial charge in [0, 0.05) is 9.52 Å². The minimum atomic E-state index is 0.369. The van der Waals surface area contributed by atoms with Crippen LogP contribution in [0.4, 0.5) is 0 Å². The van der Waals surface area contributed by atoms with Gasteiger partial charge in [-0.3, -0.25) is 0 Å². The quantitative estimate of drug-likeness (QED) is 0.519. The molecule has 0 aromatic heterocycles. The van der Waals surface area contributed by atoms with Gasteiger partial charge in [0.2, 0.25) is 0 Å². The lowest BCUT2D eigenvalue weighted by atomic mass is 9.91. The maximum atomic E-state index is 2.44. The standard InChI is InChI=1S/C8H18Si/c1-9-7-8-5-3-2-4-6-8/h8H,2-7,9H2,1H3. The van der Waals surface area contributed by atoms with E-state index in [0.717, 1.165) is 5.92 Å². The van der Waals surface area contributed by atoms with Crippen LogP contribution in [0.1, 0.15) is 32.1 Å². The van der Waals surface area contributed by atoms with Crippen molar-refractivity contribution in [1.29, 1.82) is 0 Å². The molecule has 0 aliphatic heterocycles. The number of rotatable bonds is 2. The van der Waals surface area contributed by atoms with E-state index < -0.39 is 0 Å². The molecular weight excluding hydrogens is 124 g/mol. The molecule has 1 heteroatoms. The third kappa shape index (κ3) is 2.52. The van der Waals surface area contributed by atoms with Crippen LogP contribution in [-0.4, -0.2) is 9.52 Å². The highest BCUT2D eigenvalue weighted by molar-refractivity contribution is 6.33. The Labute approximate surface area is 60.9 Å². The van der Waals surface area contributed by atoms with Crippen molar-refractivity contribution in [2.45, 2.75) is 44.7 Å². The van der Waals surface area contributed by atoms with Crippen LogP contribution < -0.4 is 0 Å². The third-order valence-corrected chi connectivity index (χ3v) is 3.82. The smallest absolute Gasteiger partial charge is 0.0169 e. The van der Waals surface area contributed by atoms with E-state index in [-0.39, 0.29) is 0 Å². The summed E-state index contributed by atoms with van der Waals surface area (Å²) in [5.74, 6) is 1.16. The van der Waals surface area contributed by atoms with Crippen molar-refractivity contribution < 1.29 is 0 Å². The molecule has 0 radical (unpaired) electrons. The highest BCUT2D eigenvalue weighted by Gasteiger charge is 2.11. The lowest BCUT2D eigenvalue weighted by molar-refractivity contribution is 0.384. The Morgan fingerprint density at radius 2 is 1.89 bits per heavy atom. The van der Waals surface area contributed by atoms with Crippen LogP contribution in [0.5, 0.6) is 0 Å². The van der Waals surface area contributed by atoms with E-state index in [1.165, 1.54) is 19.3 Å². The van der Waals surface area contributed by atoms with Crippen LogP contribution in [0, 0.1) is 5.92 Å². The molecule has 54 valence electrons. The van der Waals surface area contributed by atoms with Gasteiger partial charge >= 0.3 is 0 Å². The van der Waals surface area contributed by atoms with Crippen molar-refractivity contribution in [1.82, 2.24) is 0 Å². The Kier molecular flexibility index (Phi) is 3.34. The van der Waals surface area contributed by atoms with Crippen molar-refractivity contribution in [3.63, 3.8) is 0 Å². The van der Waals surface area contributed by atoms with Gasteiger partial charge in [0.15, 0.2) is 0 Å². The summed E-state index contributed by atoms with van der Waals surface area (Å²) in [4.78, 5) is 0. The molecule has 0 spiro atoms. The van der Waals surface area contributed by atoms with Gasteiger partial charge in [-0.15, -0.1) is 0 Å². The van der Waals surface area contributed by atoms with Gasteiger partial charge in [-0.05, 0) is 5.92 Å². The fourth-order valence-electron chi connectivity index (χ4n) is 1.88. The molecule has 0 bridgehead atoms. The van der Waals surface area contributed by atoms with Gasteiger partial charge in [0.25, 0.3) is 0 Å². The first-order chi connectivity index (χ1) is 4.43. The van der Waals surface area contributed by atoms with Crippen LogP contribution in [0.3, 0.4) is 0 Å². The highest BCUT2D eigenvalue weighted by Crippen LogP contribution is 2.25. The third-order valence-electron chi connectivity index (χ3n) is 2.42. The predicted octanol–water partition coefficient (Wildman–Crippen LogP) is 2.20. The maximum Gasteiger partial charge on any atom is 0.0169 e. The summed E-state index contributed by atoms with van der Waals surface area (Å²) in [5.41, 5.74) is 0. The number of hydrogen-bond acceptors (Lipinski definition) is 0. The van der Waals surface area contributed by atoms with Gasteiger partial charge in [-0.25, -0.2) is 0 Å². The summed E-state index contributed by atoms with van der Waals surface area (Å²) in [7, 11) is 0.369. The minimum Gasteiger partial charge on any atom is -0.0748 e. The van der Waals surface area contributed by atoms with E-state index in [9.17, 15) is 0 Å². The monoisotopic (exact) mass is 142 g/mol. The van der Waals surface area contributed by atoms with E-state index in [4.69, 9.17) is 0 Å². The summed E-state index contributed by atoms with van der Waals surface area (Å²) in [6, 6.07) is 1.62. The summed E-state index contributed by atoms with van der Waals surface area (Å²) in [6.45, 7) is 2.44. The molecule has 1 aliphatic rings. The first-order valence-corrected chi connectivity index (χ1v) is 6.85. The zero-order valence-corrected chi connectivity index (χ0v) is 7.94. The van der Waals surface area contributed by atoms with E-state index in [1.54, 1.807) is 18.9 Å². The lowest BCUT2D eigenvalue weighted by Gasteiger charge is -2.20. The summed E-state index contributed by atoms with van der Waals surface area (Å²) >= 11 is 0. The molecule has 0 N–H and O–H groups in total. The molecule has 9 heavy (non-hydrogen) atoms. The molecule has 0 saturated heterocycles. The molecule has 0 unspecified atom stereocenters. The van der Waals surface area contributed by atoms with Crippen molar-refractivity contribution in [3.8, 4) is 0 Å². The molecule has 0 aromatic rings. The van der Waals surface area contributed by atoms with Gasteiger partial charge in [-0.1, -0.05) is 44.7 Å². The topological polar surface area (TPSA) is 0 Å². The maximum absolute atomic E-state index is 2.44. The minimum absolute atomic E-state index is 0.369. The molecular formula is C8H18Si. The van der Waals surface area contributed by atoms with Gasteiger partial charge < -0.3 is 0 Å². The molecule has 1 saturated carbocycles. The first kappa shape index (κ1) is 7.33. The molecule has 1 rings (SSSR count). The molecule has 1 aliphatic carbocycles. The van der Waals surface area contributed by atoms with Crippen molar-refractivity contribution >= 4 is 9.52 Å². The van der Waals surface area contributed by atoms with Crippen LogP contribution in [0.2, 0.25) is 12.6 Å². The van der Waals surface area contributed by atoms with Crippen molar-refractivity contribution in [2.24, 2.45) is 5.92 Å². The van der Waals surface area contributed by atoms with Gasteiger partial charge in [0.05, 0.1) is 0 Å². The Bertz CT molecular complexity index is 62.2. The second-order valence-corrected chi connectivity index (χ2v) is 4.87. The zero-order chi connectivity index (χ0) is 6.53. The summed E-state index contributed by atoms with van der Waals surface area (Å²) in [6.07, 6.45) is 7.68. The largest absolute Gasteiger partial charge is 0.0748 e.